The van der Waals surface area contributed by atoms with E-state index in [9.17, 15) is 0 Å². The molecule has 0 radical (unpaired) electrons. The number of fused-ring (bicyclic) bond motifs is 6. The van der Waals surface area contributed by atoms with Gasteiger partial charge in [0.2, 0.25) is 0 Å². The molecular weight excluding hydrogens is 981 g/mol. The third-order valence-corrected chi connectivity index (χ3v) is 16.0. The molecule has 3 nitrogen and oxygen atoms in total. The number of hydrogen-bond acceptors (Lipinski definition) is 2. The molecule has 2 heterocycles. The molecule has 13 aromatic carbocycles. The monoisotopic (exact) mass is 1030 g/mol. The quantitative estimate of drug-likeness (QED) is 0.129. The van der Waals surface area contributed by atoms with Gasteiger partial charge in [-0.2, -0.15) is 0 Å². The predicted molar refractivity (Wildman–Crippen MR) is 341 cm³/mol. The minimum absolute atomic E-state index is 0.892. The molecule has 0 aliphatic heterocycles. The highest BCUT2D eigenvalue weighted by atomic mass is 16.3. The van der Waals surface area contributed by atoms with Crippen molar-refractivity contribution >= 4 is 60.8 Å². The van der Waals surface area contributed by atoms with Gasteiger partial charge in [-0.15, -0.1) is 0 Å². The van der Waals surface area contributed by atoms with E-state index in [0.29, 0.717) is 0 Å². The standard InChI is InChI=1S/C78H52N2O/c1-4-15-53(16-5-1)58-35-42-67(43-36-58)79(68-44-37-59(38-45-68)54-17-6-2-7-18-54)69-46-39-60(40-47-69)57-29-27-55(28-30-57)56-31-33-61(34-32-56)63-49-64(51-65(50-63)70-23-14-24-73-72-22-11-13-26-77(72)81-78(70)73)62-41-48-76-74(52-62)71-21-10-12-25-75(71)80(76)66-19-8-3-9-20-66/h1-52H. The molecule has 0 atom stereocenters. The van der Waals surface area contributed by atoms with Gasteiger partial charge in [0.25, 0.3) is 0 Å². The van der Waals surface area contributed by atoms with Gasteiger partial charge in [0.1, 0.15) is 11.2 Å². The van der Waals surface area contributed by atoms with Crippen LogP contribution in [-0.2, 0) is 0 Å². The molecule has 0 amide bonds. The zero-order valence-electron chi connectivity index (χ0n) is 44.3. The van der Waals surface area contributed by atoms with Crippen LogP contribution >= 0.6 is 0 Å². The van der Waals surface area contributed by atoms with Crippen LogP contribution in [0.15, 0.2) is 320 Å². The fraction of sp³-hybridized carbons (Fsp3) is 0. The second-order valence-corrected chi connectivity index (χ2v) is 20.9. The van der Waals surface area contributed by atoms with E-state index in [2.05, 4.69) is 319 Å². The first-order chi connectivity index (χ1) is 40.1. The van der Waals surface area contributed by atoms with Gasteiger partial charge in [-0.25, -0.2) is 0 Å². The average Bonchev–Trinajstić information content (AvgIpc) is 4.34. The van der Waals surface area contributed by atoms with Crippen LogP contribution in [0.5, 0.6) is 0 Å². The lowest BCUT2D eigenvalue weighted by molar-refractivity contribution is 0.670. The first-order valence-corrected chi connectivity index (χ1v) is 27.7. The van der Waals surface area contributed by atoms with E-state index in [0.717, 1.165) is 89.2 Å². The highest BCUT2D eigenvalue weighted by Crippen LogP contribution is 2.43. The molecule has 2 aromatic heterocycles. The van der Waals surface area contributed by atoms with E-state index in [-0.39, 0.29) is 0 Å². The van der Waals surface area contributed by atoms with Crippen LogP contribution < -0.4 is 4.90 Å². The fourth-order valence-corrected chi connectivity index (χ4v) is 11.9. The highest BCUT2D eigenvalue weighted by molar-refractivity contribution is 6.12. The second kappa shape index (κ2) is 20.2. The van der Waals surface area contributed by atoms with Crippen LogP contribution in [0.1, 0.15) is 0 Å². The van der Waals surface area contributed by atoms with Gasteiger partial charge in [-0.1, -0.05) is 224 Å². The Bertz CT molecular complexity index is 4650. The molecule has 0 fully saturated rings. The summed E-state index contributed by atoms with van der Waals surface area (Å²) in [4.78, 5) is 2.34. The van der Waals surface area contributed by atoms with Gasteiger partial charge >= 0.3 is 0 Å². The zero-order valence-corrected chi connectivity index (χ0v) is 44.3. The Morgan fingerprint density at radius 2 is 0.617 bits per heavy atom. The van der Waals surface area contributed by atoms with Crippen LogP contribution in [0.2, 0.25) is 0 Å². The summed E-state index contributed by atoms with van der Waals surface area (Å²) < 4.78 is 9.03. The van der Waals surface area contributed by atoms with Gasteiger partial charge in [0.15, 0.2) is 0 Å². The van der Waals surface area contributed by atoms with Gasteiger partial charge < -0.3 is 13.9 Å². The zero-order chi connectivity index (χ0) is 53.6. The lowest BCUT2D eigenvalue weighted by Crippen LogP contribution is -2.09. The van der Waals surface area contributed by atoms with Crippen molar-refractivity contribution in [2.24, 2.45) is 0 Å². The Morgan fingerprint density at radius 1 is 0.235 bits per heavy atom. The molecule has 0 bridgehead atoms. The number of aromatic nitrogens is 1. The first kappa shape index (κ1) is 47.5. The van der Waals surface area contributed by atoms with Crippen molar-refractivity contribution in [2.75, 3.05) is 4.90 Å². The summed E-state index contributed by atoms with van der Waals surface area (Å²) in [6.45, 7) is 0. The Hall–Kier alpha value is -10.7. The molecule has 15 aromatic rings. The molecule has 0 saturated heterocycles. The van der Waals surface area contributed by atoms with Crippen LogP contribution in [-0.4, -0.2) is 4.57 Å². The van der Waals surface area contributed by atoms with Crippen molar-refractivity contribution in [1.29, 1.82) is 0 Å². The van der Waals surface area contributed by atoms with Crippen molar-refractivity contribution in [1.82, 2.24) is 4.57 Å². The third-order valence-electron chi connectivity index (χ3n) is 16.0. The minimum Gasteiger partial charge on any atom is -0.455 e. The maximum absolute atomic E-state index is 6.65. The summed E-state index contributed by atoms with van der Waals surface area (Å²) in [5.74, 6) is 0. The summed E-state index contributed by atoms with van der Waals surface area (Å²) in [6, 6.07) is 114. The number of nitrogens with zero attached hydrogens (tertiary/aromatic N) is 2. The number of rotatable bonds is 11. The Morgan fingerprint density at radius 3 is 1.16 bits per heavy atom. The van der Waals surface area contributed by atoms with E-state index in [1.54, 1.807) is 0 Å². The van der Waals surface area contributed by atoms with Crippen molar-refractivity contribution in [3.8, 4) is 83.6 Å². The summed E-state index contributed by atoms with van der Waals surface area (Å²) in [5, 5.41) is 4.69. The topological polar surface area (TPSA) is 21.3 Å². The van der Waals surface area contributed by atoms with Crippen molar-refractivity contribution < 1.29 is 4.42 Å². The number of furan rings is 1. The molecule has 0 aliphatic carbocycles. The van der Waals surface area contributed by atoms with Gasteiger partial charge in [0.05, 0.1) is 11.0 Å². The Balaban J connectivity index is 0.747. The molecule has 0 aliphatic rings. The number of hydrogen-bond donors (Lipinski definition) is 0. The largest absolute Gasteiger partial charge is 0.455 e. The van der Waals surface area contributed by atoms with E-state index in [1.807, 2.05) is 6.07 Å². The third kappa shape index (κ3) is 8.84. The molecule has 380 valence electrons. The van der Waals surface area contributed by atoms with Crippen molar-refractivity contribution in [3.63, 3.8) is 0 Å². The SMILES string of the molecule is c1ccc(-c2ccc(N(c3ccc(-c4ccccc4)cc3)c3ccc(-c4ccc(-c5ccc(-c6cc(-c7ccc8c(c7)c7ccccc7n8-c7ccccc7)cc(-c7cccc8c7oc7ccccc78)c6)cc5)cc4)cc3)cc2)cc1. The van der Waals surface area contributed by atoms with Gasteiger partial charge in [-0.05, 0) is 163 Å². The Kier molecular flexibility index (Phi) is 11.9. The molecule has 3 heteroatoms. The average molecular weight is 1030 g/mol. The van der Waals surface area contributed by atoms with E-state index in [4.69, 9.17) is 4.42 Å². The number of anilines is 3. The second-order valence-electron chi connectivity index (χ2n) is 20.9. The summed E-state index contributed by atoms with van der Waals surface area (Å²) in [5.41, 5.74) is 24.8. The summed E-state index contributed by atoms with van der Waals surface area (Å²) in [6.07, 6.45) is 0. The normalized spacial score (nSPS) is 11.5. The van der Waals surface area contributed by atoms with E-state index in [1.165, 1.54) is 55.2 Å². The maximum Gasteiger partial charge on any atom is 0.143 e. The lowest BCUT2D eigenvalue weighted by atomic mass is 9.91. The molecule has 0 saturated carbocycles. The highest BCUT2D eigenvalue weighted by Gasteiger charge is 2.19. The van der Waals surface area contributed by atoms with Gasteiger partial charge in [0, 0.05) is 49.9 Å². The van der Waals surface area contributed by atoms with E-state index >= 15 is 0 Å². The Labute approximate surface area is 471 Å². The maximum atomic E-state index is 6.65. The van der Waals surface area contributed by atoms with Crippen molar-refractivity contribution in [2.45, 2.75) is 0 Å². The number of para-hydroxylation sites is 4. The lowest BCUT2D eigenvalue weighted by Gasteiger charge is -2.26. The summed E-state index contributed by atoms with van der Waals surface area (Å²) >= 11 is 0. The van der Waals surface area contributed by atoms with E-state index < -0.39 is 0 Å². The minimum atomic E-state index is 0.892. The molecule has 0 unspecified atom stereocenters. The first-order valence-electron chi connectivity index (χ1n) is 27.7. The number of benzene rings is 13. The smallest absolute Gasteiger partial charge is 0.143 e. The van der Waals surface area contributed by atoms with Crippen LogP contribution in [0, 0.1) is 0 Å². The van der Waals surface area contributed by atoms with Crippen LogP contribution in [0.25, 0.3) is 127 Å². The summed E-state index contributed by atoms with van der Waals surface area (Å²) in [7, 11) is 0. The molecule has 0 N–H and O–H groups in total. The molecule has 15 rings (SSSR count). The van der Waals surface area contributed by atoms with Crippen LogP contribution in [0.3, 0.4) is 0 Å². The molecular formula is C78H52N2O. The van der Waals surface area contributed by atoms with Crippen LogP contribution in [0.4, 0.5) is 17.1 Å². The predicted octanol–water partition coefficient (Wildman–Crippen LogP) is 21.8. The molecule has 81 heavy (non-hydrogen) atoms. The van der Waals surface area contributed by atoms with Crippen molar-refractivity contribution in [3.05, 3.63) is 315 Å². The molecule has 0 spiro atoms. The van der Waals surface area contributed by atoms with Gasteiger partial charge in [-0.3, -0.25) is 0 Å². The fourth-order valence-electron chi connectivity index (χ4n) is 11.9.